The first kappa shape index (κ1) is 120. The highest BCUT2D eigenvalue weighted by molar-refractivity contribution is 6.05. The molecule has 10 amide bonds. The molecule has 10 heterocycles. The van der Waals surface area contributed by atoms with Gasteiger partial charge in [-0.25, -0.2) is 9.59 Å². The van der Waals surface area contributed by atoms with Crippen LogP contribution < -0.4 is 0 Å². The number of likely N-dealkylation sites (tertiary alicyclic amines) is 6. The van der Waals surface area contributed by atoms with Crippen LogP contribution in [0.5, 0.6) is 0 Å². The Morgan fingerprint density at radius 2 is 0.643 bits per heavy atom. The fourth-order valence-corrected chi connectivity index (χ4v) is 16.5. The molecule has 0 N–H and O–H groups in total. The highest BCUT2D eigenvalue weighted by atomic mass is 16.5. The van der Waals surface area contributed by atoms with Crippen molar-refractivity contribution in [3.63, 3.8) is 0 Å². The van der Waals surface area contributed by atoms with Crippen molar-refractivity contribution in [2.24, 2.45) is 0 Å². The fourth-order valence-electron chi connectivity index (χ4n) is 16.5. The van der Waals surface area contributed by atoms with Crippen LogP contribution in [0.15, 0.2) is 0 Å². The van der Waals surface area contributed by atoms with Gasteiger partial charge < -0.3 is 53.7 Å². The lowest BCUT2D eigenvalue weighted by Crippen LogP contribution is -2.56. The Morgan fingerprint density at radius 1 is 0.286 bits per heavy atom. The molecule has 0 aromatic rings. The van der Waals surface area contributed by atoms with Crippen LogP contribution in [0.3, 0.4) is 0 Å². The summed E-state index contributed by atoms with van der Waals surface area (Å²) in [4.78, 5) is 221. The Labute approximate surface area is 757 Å². The summed E-state index contributed by atoms with van der Waals surface area (Å²) < 4.78 is 5.87. The number of amides is 10. The molecule has 32 nitrogen and oxygen atoms in total. The average Bonchev–Trinajstić information content (AvgIpc) is 1.69. The first-order valence-electron chi connectivity index (χ1n) is 46.2. The van der Waals surface area contributed by atoms with Crippen molar-refractivity contribution >= 4 is 105 Å². The van der Waals surface area contributed by atoms with Crippen LogP contribution in [0, 0.1) is 0 Å². The summed E-state index contributed by atoms with van der Waals surface area (Å²) >= 11 is 0. The average molecular weight is 1790 g/mol. The van der Waals surface area contributed by atoms with Gasteiger partial charge in [0.1, 0.15) is 63.9 Å². The number of rotatable bonds is 20. The van der Waals surface area contributed by atoms with Crippen LogP contribution in [0.4, 0.5) is 9.59 Å². The third kappa shape index (κ3) is 45.4. The SMILES string of the molecule is CC.CC.CC.CC(=O)CC1C(=O)N(C)C(=O)N1C.CC(=O)CC1C(=O)N(C)CCN1C.CC(=O)CC1CC(=O)N1C.CC(=O)CC1CCC(=O)N1C.CC(=O)CC1CCCC(=O)N1C.CC(=O)CC1CCCCC(=O)N1C.CC(=O)CC1CCCCN1C.CC(=O)CC1CCCN1C.CC(=O)CC1CN(C)C(=O)N1C.CC(=O)CC1COC2CCCCC2N1C. The number of hydrogen-bond donors (Lipinski definition) is 0. The minimum absolute atomic E-state index is 0.00116. The van der Waals surface area contributed by atoms with E-state index in [1.807, 2.05) is 53.5 Å². The molecule has 11 rings (SSSR count). The number of morpholine rings is 1. The Hall–Kier alpha value is -7.94. The molecule has 126 heavy (non-hydrogen) atoms. The number of hydrogen-bond acceptors (Lipinski definition) is 23. The number of piperazine rings is 1. The smallest absolute Gasteiger partial charge is 0.326 e. The number of ketones is 10. The molecule has 1 saturated carbocycles. The molecular formula is C94H169N13O19. The van der Waals surface area contributed by atoms with Crippen LogP contribution in [0.1, 0.15) is 297 Å². The predicted octanol–water partition coefficient (Wildman–Crippen LogP) is 10.2. The number of imide groups is 1. The van der Waals surface area contributed by atoms with Crippen molar-refractivity contribution < 1.29 is 91.0 Å². The highest BCUT2D eigenvalue weighted by Crippen LogP contribution is 2.31. The third-order valence-corrected chi connectivity index (χ3v) is 24.3. The van der Waals surface area contributed by atoms with Crippen LogP contribution in [0.25, 0.3) is 0 Å². The molecular weight excluding hydrogens is 1620 g/mol. The van der Waals surface area contributed by atoms with Crippen molar-refractivity contribution in [2.45, 2.75) is 370 Å². The number of ether oxygens (including phenoxy) is 1. The maximum Gasteiger partial charge on any atom is 0.326 e. The molecule has 1 aliphatic carbocycles. The van der Waals surface area contributed by atoms with E-state index in [0.717, 1.165) is 89.1 Å². The Kier molecular flexibility index (Phi) is 60.9. The Balaban J connectivity index is 0. The minimum atomic E-state index is -0.602. The van der Waals surface area contributed by atoms with E-state index >= 15 is 0 Å². The van der Waals surface area contributed by atoms with Gasteiger partial charge in [0.05, 0.1) is 24.8 Å². The number of piperidine rings is 2. The van der Waals surface area contributed by atoms with E-state index in [1.165, 1.54) is 90.6 Å². The minimum Gasteiger partial charge on any atom is -0.375 e. The Bertz CT molecular complexity index is 3450. The zero-order valence-corrected chi connectivity index (χ0v) is 83.2. The fraction of sp³-hybridized carbons (Fsp3) is 0.809. The quantitative estimate of drug-likeness (QED) is 0.0807. The van der Waals surface area contributed by atoms with Gasteiger partial charge in [0, 0.05) is 221 Å². The van der Waals surface area contributed by atoms with E-state index in [9.17, 15) is 86.3 Å². The van der Waals surface area contributed by atoms with E-state index in [4.69, 9.17) is 4.74 Å². The summed E-state index contributed by atoms with van der Waals surface area (Å²) in [7, 11) is 23.6. The van der Waals surface area contributed by atoms with Crippen LogP contribution in [-0.4, -0.2) is 373 Å². The van der Waals surface area contributed by atoms with E-state index in [0.29, 0.717) is 119 Å². The van der Waals surface area contributed by atoms with Crippen molar-refractivity contribution in [1.82, 2.24) is 63.7 Å². The number of carbonyl (C=O) groups excluding carboxylic acids is 18. The lowest BCUT2D eigenvalue weighted by Gasteiger charge is -2.46. The standard InChI is InChI=1S/C12H21NO2.C10H17NO2.C9H16N2O2.C9H15NO2.C9H17NO.C8H12N2O3.C8H14N2O2.C8H13NO2.C8H15NO.C7H11NO2.3C2H6/c1-9(14)7-10-8-15-12-6-4-3-5-11(12)13(10)2;1-8(12)7-9-5-3-4-6-10(13)11(9)2;1-7(12)6-8-9(13)11(3)5-4-10(8)2;1-7(11)6-8-4-3-5-9(12)10(8)2;1-8(11)7-9-5-3-4-6-10(9)2;1-5(11)4-6-7(12)10(3)8(13)9(6)2;1-6(11)4-7-5-9(2)8(12)10(7)3;1-6(10)5-7-3-4-8(11)9(7)2;1-7(10)6-8-4-3-5-9(8)2;1-5(9)3-6-4-7(10)8(6)2;3*1-2/h10-12H,3-8H2,1-2H3;9H,3-7H2,1-2H3;8H,4-6H2,1-3H3;8H,3-6H2,1-2H3;9H,3-7H2,1-2H3;6H,4H2,1-3H3;7H,4-5H2,1-3H3;7H,3-5H2,1-2H3;8H,3-6H2,1-2H3;6H,3-4H2,1-2H3;3*1-2H3. The van der Waals surface area contributed by atoms with Gasteiger partial charge in [0.15, 0.2) is 0 Å². The number of likely N-dealkylation sites (N-methyl/N-ethyl adjacent to an activating group) is 7. The molecule has 12 atom stereocenters. The molecule has 11 aliphatic rings. The molecule has 0 bridgehead atoms. The summed E-state index contributed by atoms with van der Waals surface area (Å²) in [6.07, 6.45) is 25.0. The molecule has 0 aromatic heterocycles. The summed E-state index contributed by atoms with van der Waals surface area (Å²) in [6, 6.07) is 1.46. The van der Waals surface area contributed by atoms with Crippen molar-refractivity contribution in [3.05, 3.63) is 0 Å². The van der Waals surface area contributed by atoms with Gasteiger partial charge in [-0.3, -0.25) is 91.4 Å². The molecule has 10 aliphatic heterocycles. The highest BCUT2D eigenvalue weighted by Gasteiger charge is 2.42. The van der Waals surface area contributed by atoms with Crippen molar-refractivity contribution in [3.8, 4) is 0 Å². The summed E-state index contributed by atoms with van der Waals surface area (Å²) in [5.41, 5.74) is 0. The van der Waals surface area contributed by atoms with Crippen LogP contribution in [0.2, 0.25) is 0 Å². The van der Waals surface area contributed by atoms with E-state index < -0.39 is 6.04 Å². The molecule has 10 saturated heterocycles. The number of fused-ring (bicyclic) bond motifs is 1. The van der Waals surface area contributed by atoms with Gasteiger partial charge in [-0.1, -0.05) is 67.2 Å². The van der Waals surface area contributed by atoms with Crippen LogP contribution >= 0.6 is 0 Å². The molecule has 11 fully saturated rings. The Morgan fingerprint density at radius 3 is 1.04 bits per heavy atom. The largest absolute Gasteiger partial charge is 0.375 e. The van der Waals surface area contributed by atoms with Gasteiger partial charge in [-0.05, 0) is 181 Å². The van der Waals surface area contributed by atoms with Gasteiger partial charge in [-0.2, -0.15) is 0 Å². The summed E-state index contributed by atoms with van der Waals surface area (Å²) in [6.45, 7) is 33.1. The molecule has 32 heteroatoms. The molecule has 0 spiro atoms. The first-order valence-corrected chi connectivity index (χ1v) is 46.2. The van der Waals surface area contributed by atoms with E-state index in [2.05, 4.69) is 35.8 Å². The number of Topliss-reactive ketones (excluding diaryl/α,β-unsaturated/α-hetero) is 10. The maximum atomic E-state index is 11.6. The third-order valence-electron chi connectivity index (χ3n) is 24.3. The zero-order valence-electron chi connectivity index (χ0n) is 83.2. The molecule has 0 radical (unpaired) electrons. The molecule has 12 unspecified atom stereocenters. The molecule has 0 aromatic carbocycles. The second-order valence-electron chi connectivity index (χ2n) is 35.0. The molecule has 724 valence electrons. The van der Waals surface area contributed by atoms with Gasteiger partial charge >= 0.3 is 12.1 Å². The predicted molar refractivity (Wildman–Crippen MR) is 492 cm³/mol. The monoisotopic (exact) mass is 1780 g/mol. The van der Waals surface area contributed by atoms with Gasteiger partial charge in [0.25, 0.3) is 5.91 Å². The number of carbonyl (C=O) groups is 18. The normalized spacial score (nSPS) is 25.2. The lowest BCUT2D eigenvalue weighted by molar-refractivity contribution is -0.145. The van der Waals surface area contributed by atoms with Gasteiger partial charge in [0.2, 0.25) is 29.5 Å². The zero-order chi connectivity index (χ0) is 97.3. The van der Waals surface area contributed by atoms with E-state index in [-0.39, 0.29) is 136 Å². The van der Waals surface area contributed by atoms with E-state index in [1.54, 1.807) is 139 Å². The van der Waals surface area contributed by atoms with Crippen LogP contribution in [-0.2, 0) is 81.4 Å². The topological polar surface area (TPSA) is 359 Å². The van der Waals surface area contributed by atoms with Crippen molar-refractivity contribution in [2.75, 3.05) is 131 Å². The maximum absolute atomic E-state index is 11.6. The number of nitrogens with zero attached hydrogens (tertiary/aromatic N) is 13. The second kappa shape index (κ2) is 63.9. The lowest BCUT2D eigenvalue weighted by atomic mass is 9.88. The number of β-lactam (4-membered cyclic amide) rings is 1. The second-order valence-corrected chi connectivity index (χ2v) is 35.0. The first-order chi connectivity index (χ1) is 59.0. The summed E-state index contributed by atoms with van der Waals surface area (Å²) in [5, 5.41) is 0. The van der Waals surface area contributed by atoms with Crippen molar-refractivity contribution in [1.29, 1.82) is 0 Å². The van der Waals surface area contributed by atoms with Gasteiger partial charge in [-0.15, -0.1) is 0 Å². The summed E-state index contributed by atoms with van der Waals surface area (Å²) in [5.74, 6) is 2.11. The number of urea groups is 2.